The molecular weight excluding hydrogens is 287 g/mol. The summed E-state index contributed by atoms with van der Waals surface area (Å²) in [4.78, 5) is 0. The van der Waals surface area contributed by atoms with Gasteiger partial charge in [0.05, 0.1) is 11.8 Å². The first kappa shape index (κ1) is 15.6. The summed E-state index contributed by atoms with van der Waals surface area (Å²) in [6, 6.07) is 5.35. The first-order valence-corrected chi connectivity index (χ1v) is 6.74. The van der Waals surface area contributed by atoms with E-state index < -0.39 is 10.1 Å². The second-order valence-corrected chi connectivity index (χ2v) is 5.96. The Kier molecular flexibility index (Phi) is 5.19. The molecule has 0 bridgehead atoms. The van der Waals surface area contributed by atoms with Crippen molar-refractivity contribution in [1.82, 2.24) is 0 Å². The molecule has 2 rings (SSSR count). The summed E-state index contributed by atoms with van der Waals surface area (Å²) in [5.41, 5.74) is 0.557. The molecule has 0 saturated carbocycles. The van der Waals surface area contributed by atoms with Gasteiger partial charge in [0.2, 0.25) is 0 Å². The van der Waals surface area contributed by atoms with Gasteiger partial charge in [-0.3, -0.25) is 4.55 Å². The first-order chi connectivity index (χ1) is 7.45. The monoisotopic (exact) mass is 298 g/mol. The summed E-state index contributed by atoms with van der Waals surface area (Å²) in [5.74, 6) is 0.612. The molecule has 1 aromatic heterocycles. The van der Waals surface area contributed by atoms with Crippen LogP contribution in [0.3, 0.4) is 0 Å². The predicted molar refractivity (Wildman–Crippen MR) is 70.1 cm³/mol. The van der Waals surface area contributed by atoms with Crippen LogP contribution in [0.4, 0.5) is 0 Å². The fourth-order valence-corrected chi connectivity index (χ4v) is 3.80. The van der Waals surface area contributed by atoms with Crippen molar-refractivity contribution in [3.63, 3.8) is 0 Å². The molecule has 0 amide bonds. The zero-order valence-corrected chi connectivity index (χ0v) is 10.4. The van der Waals surface area contributed by atoms with E-state index in [0.717, 1.165) is 21.4 Å². The SMILES string of the molecule is COc1cccc2c(C)c(S(=O)(=O)O)sc12.[KH]. The molecule has 7 heteroatoms. The molecule has 0 atom stereocenters. The van der Waals surface area contributed by atoms with E-state index >= 15 is 0 Å². The maximum atomic E-state index is 11.1. The van der Waals surface area contributed by atoms with Crippen molar-refractivity contribution in [2.75, 3.05) is 7.11 Å². The van der Waals surface area contributed by atoms with Gasteiger partial charge >= 0.3 is 61.5 Å². The van der Waals surface area contributed by atoms with Crippen LogP contribution in [-0.4, -0.2) is 71.5 Å². The van der Waals surface area contributed by atoms with Crippen LogP contribution >= 0.6 is 11.3 Å². The Balaban J connectivity index is 0.00000144. The van der Waals surface area contributed by atoms with Gasteiger partial charge in [0.1, 0.15) is 5.75 Å². The Morgan fingerprint density at radius 3 is 2.53 bits per heavy atom. The summed E-state index contributed by atoms with van der Waals surface area (Å²) in [7, 11) is -2.63. The van der Waals surface area contributed by atoms with Gasteiger partial charge in [-0.2, -0.15) is 8.42 Å². The molecule has 88 valence electrons. The van der Waals surface area contributed by atoms with Gasteiger partial charge in [0.15, 0.2) is 4.21 Å². The third-order valence-electron chi connectivity index (χ3n) is 2.34. The fourth-order valence-electron chi connectivity index (χ4n) is 1.60. The summed E-state index contributed by atoms with van der Waals surface area (Å²) in [6.45, 7) is 1.67. The van der Waals surface area contributed by atoms with Gasteiger partial charge in [0, 0.05) is 5.39 Å². The Morgan fingerprint density at radius 2 is 2.00 bits per heavy atom. The zero-order valence-electron chi connectivity index (χ0n) is 8.72. The average Bonchev–Trinajstić information content (AvgIpc) is 2.56. The summed E-state index contributed by atoms with van der Waals surface area (Å²) in [6.07, 6.45) is 0. The molecule has 2 aromatic rings. The van der Waals surface area contributed by atoms with E-state index in [-0.39, 0.29) is 55.6 Å². The topological polar surface area (TPSA) is 63.6 Å². The molecule has 0 aliphatic rings. The molecule has 0 aliphatic carbocycles. The summed E-state index contributed by atoms with van der Waals surface area (Å²) in [5, 5.41) is 0.789. The van der Waals surface area contributed by atoms with Gasteiger partial charge in [-0.05, 0) is 18.6 Å². The second kappa shape index (κ2) is 5.66. The Labute approximate surface area is 146 Å². The van der Waals surface area contributed by atoms with Crippen LogP contribution in [0, 0.1) is 6.92 Å². The number of aryl methyl sites for hydroxylation is 1. The van der Waals surface area contributed by atoms with Gasteiger partial charge in [-0.1, -0.05) is 12.1 Å². The third-order valence-corrected chi connectivity index (χ3v) is 5.11. The number of hydrogen-bond acceptors (Lipinski definition) is 4. The summed E-state index contributed by atoms with van der Waals surface area (Å²) >= 11 is 1.02. The predicted octanol–water partition coefficient (Wildman–Crippen LogP) is 1.82. The Bertz CT molecular complexity index is 646. The van der Waals surface area contributed by atoms with Crippen molar-refractivity contribution in [1.29, 1.82) is 0 Å². The standard InChI is InChI=1S/C10H10O4S2.K.H/c1-6-7-4-3-5-8(14-2)9(7)15-10(6)16(11,12)13;;/h3-5H,1-2H3,(H,11,12,13);;. The molecule has 1 aromatic carbocycles. The number of rotatable bonds is 2. The van der Waals surface area contributed by atoms with Gasteiger partial charge in [-0.25, -0.2) is 0 Å². The van der Waals surface area contributed by atoms with Gasteiger partial charge in [0.25, 0.3) is 0 Å². The maximum absolute atomic E-state index is 11.1. The minimum atomic E-state index is -4.16. The van der Waals surface area contributed by atoms with E-state index in [4.69, 9.17) is 9.29 Å². The number of hydrogen-bond donors (Lipinski definition) is 1. The van der Waals surface area contributed by atoms with E-state index in [1.54, 1.807) is 25.1 Å². The number of ether oxygens (including phenoxy) is 1. The van der Waals surface area contributed by atoms with E-state index in [9.17, 15) is 8.42 Å². The van der Waals surface area contributed by atoms with Crippen LogP contribution in [0.1, 0.15) is 5.56 Å². The van der Waals surface area contributed by atoms with Crippen LogP contribution in [0.5, 0.6) is 5.75 Å². The average molecular weight is 298 g/mol. The Hall–Kier alpha value is 0.526. The van der Waals surface area contributed by atoms with Crippen molar-refractivity contribution >= 4 is 82.9 Å². The van der Waals surface area contributed by atoms with Crippen LogP contribution in [-0.2, 0) is 10.1 Å². The first-order valence-electron chi connectivity index (χ1n) is 4.48. The number of benzene rings is 1. The van der Waals surface area contributed by atoms with E-state index in [0.29, 0.717) is 11.3 Å². The number of thiophene rings is 1. The molecule has 0 spiro atoms. The zero-order chi connectivity index (χ0) is 11.9. The van der Waals surface area contributed by atoms with E-state index in [1.807, 2.05) is 0 Å². The molecule has 4 nitrogen and oxygen atoms in total. The van der Waals surface area contributed by atoms with E-state index in [1.165, 1.54) is 7.11 Å². The summed E-state index contributed by atoms with van der Waals surface area (Å²) < 4.78 is 37.2. The minimum absolute atomic E-state index is 0. The quantitative estimate of drug-likeness (QED) is 0.678. The molecule has 1 heterocycles. The van der Waals surface area contributed by atoms with Crippen LogP contribution in [0.15, 0.2) is 22.4 Å². The molecule has 0 unspecified atom stereocenters. The van der Waals surface area contributed by atoms with Crippen molar-refractivity contribution in [3.8, 4) is 5.75 Å². The van der Waals surface area contributed by atoms with Crippen LogP contribution in [0.2, 0.25) is 0 Å². The molecular formula is C10H11KO4S2. The molecule has 0 saturated heterocycles. The number of fused-ring (bicyclic) bond motifs is 1. The van der Waals surface area contributed by atoms with Crippen molar-refractivity contribution in [2.24, 2.45) is 0 Å². The molecule has 0 fully saturated rings. The van der Waals surface area contributed by atoms with Gasteiger partial charge < -0.3 is 4.74 Å². The van der Waals surface area contributed by atoms with Crippen molar-refractivity contribution in [3.05, 3.63) is 23.8 Å². The van der Waals surface area contributed by atoms with Crippen LogP contribution in [0.25, 0.3) is 10.1 Å². The van der Waals surface area contributed by atoms with Gasteiger partial charge in [-0.15, -0.1) is 11.3 Å². The molecule has 0 radical (unpaired) electrons. The van der Waals surface area contributed by atoms with E-state index in [2.05, 4.69) is 0 Å². The van der Waals surface area contributed by atoms with Crippen molar-refractivity contribution in [2.45, 2.75) is 11.1 Å². The molecule has 0 aliphatic heterocycles. The molecule has 1 N–H and O–H groups in total. The van der Waals surface area contributed by atoms with Crippen LogP contribution < -0.4 is 4.74 Å². The van der Waals surface area contributed by atoms with Crippen molar-refractivity contribution < 1.29 is 17.7 Å². The Morgan fingerprint density at radius 1 is 1.35 bits per heavy atom. The fraction of sp³-hybridized carbons (Fsp3) is 0.200. The second-order valence-electron chi connectivity index (χ2n) is 3.33. The normalized spacial score (nSPS) is 11.2. The number of methoxy groups -OCH3 is 1. The third kappa shape index (κ3) is 2.93. The molecule has 17 heavy (non-hydrogen) atoms.